The molecule has 0 saturated heterocycles. The summed E-state index contributed by atoms with van der Waals surface area (Å²) in [5.74, 6) is 3.15. The van der Waals surface area contributed by atoms with Crippen LogP contribution in [0.2, 0.25) is 19.6 Å². The third-order valence-electron chi connectivity index (χ3n) is 2.74. The molecule has 0 unspecified atom stereocenters. The van der Waals surface area contributed by atoms with Crippen molar-refractivity contribution in [2.24, 2.45) is 0 Å². The second-order valence-electron chi connectivity index (χ2n) is 5.82. The van der Waals surface area contributed by atoms with Gasteiger partial charge in [-0.3, -0.25) is 0 Å². The van der Waals surface area contributed by atoms with Gasteiger partial charge in [0.25, 0.3) is 0 Å². The van der Waals surface area contributed by atoms with Crippen molar-refractivity contribution in [2.45, 2.75) is 43.8 Å². The average Bonchev–Trinajstić information content (AvgIpc) is 2.42. The Morgan fingerprint density at radius 3 is 2.33 bits per heavy atom. The summed E-state index contributed by atoms with van der Waals surface area (Å²) in [5.41, 5.74) is 5.87. The van der Waals surface area contributed by atoms with Crippen molar-refractivity contribution in [1.82, 2.24) is 0 Å². The number of hydrogen-bond acceptors (Lipinski definition) is 2. The Bertz CT molecular complexity index is 680. The van der Waals surface area contributed by atoms with Gasteiger partial charge < -0.3 is 0 Å². The van der Waals surface area contributed by atoms with E-state index in [9.17, 15) is 8.42 Å². The van der Waals surface area contributed by atoms with Crippen LogP contribution in [-0.2, 0) is 9.84 Å². The summed E-state index contributed by atoms with van der Waals surface area (Å²) in [6.07, 6.45) is 1.85. The first-order valence-electron chi connectivity index (χ1n) is 6.96. The molecular formula is C17H22O2SSi. The molecule has 0 spiro atoms. The van der Waals surface area contributed by atoms with Gasteiger partial charge >= 0.3 is 0 Å². The van der Waals surface area contributed by atoms with Crippen LogP contribution in [0.1, 0.15) is 19.3 Å². The first-order valence-corrected chi connectivity index (χ1v) is 11.9. The highest BCUT2D eigenvalue weighted by molar-refractivity contribution is 7.95. The molecule has 0 aliphatic rings. The number of unbranched alkanes of at least 4 members (excludes halogenated alkanes) is 1. The maximum atomic E-state index is 12.4. The molecule has 1 rings (SSSR count). The maximum Gasteiger partial charge on any atom is 0.209 e. The van der Waals surface area contributed by atoms with Crippen molar-refractivity contribution < 1.29 is 8.42 Å². The van der Waals surface area contributed by atoms with Crippen molar-refractivity contribution in [3.8, 4) is 11.5 Å². The van der Waals surface area contributed by atoms with Crippen LogP contribution in [0.25, 0.3) is 0 Å². The molecule has 0 radical (unpaired) electrons. The normalized spacial score (nSPS) is 11.2. The Morgan fingerprint density at radius 2 is 1.81 bits per heavy atom. The van der Waals surface area contributed by atoms with Gasteiger partial charge in [-0.1, -0.05) is 44.4 Å². The van der Waals surface area contributed by atoms with Crippen molar-refractivity contribution in [1.29, 1.82) is 0 Å². The van der Waals surface area contributed by atoms with Gasteiger partial charge in [0.05, 0.1) is 9.80 Å². The Morgan fingerprint density at radius 1 is 1.19 bits per heavy atom. The van der Waals surface area contributed by atoms with E-state index in [1.807, 2.05) is 0 Å². The summed E-state index contributed by atoms with van der Waals surface area (Å²) in [6, 6.07) is 8.41. The summed E-state index contributed by atoms with van der Waals surface area (Å²) < 4.78 is 24.8. The topological polar surface area (TPSA) is 34.1 Å². The van der Waals surface area contributed by atoms with E-state index in [1.54, 1.807) is 30.3 Å². The number of rotatable bonds is 5. The van der Waals surface area contributed by atoms with E-state index in [0.29, 0.717) is 24.2 Å². The first-order chi connectivity index (χ1) is 9.77. The zero-order valence-electron chi connectivity index (χ0n) is 12.9. The molecule has 4 heteroatoms. The van der Waals surface area contributed by atoms with E-state index in [2.05, 4.69) is 43.4 Å². The largest absolute Gasteiger partial charge is 0.218 e. The van der Waals surface area contributed by atoms with Crippen LogP contribution >= 0.6 is 0 Å². The second-order valence-corrected chi connectivity index (χ2v) is 12.5. The van der Waals surface area contributed by atoms with Crippen molar-refractivity contribution >= 4 is 17.9 Å². The van der Waals surface area contributed by atoms with Crippen LogP contribution in [0, 0.1) is 11.5 Å². The predicted molar refractivity (Wildman–Crippen MR) is 91.3 cm³/mol. The molecule has 21 heavy (non-hydrogen) atoms. The molecule has 1 aromatic carbocycles. The van der Waals surface area contributed by atoms with Gasteiger partial charge in [0, 0.05) is 6.42 Å². The summed E-state index contributed by atoms with van der Waals surface area (Å²) in [6.45, 7) is 10.1. The van der Waals surface area contributed by atoms with Crippen LogP contribution in [0.4, 0.5) is 0 Å². The summed E-state index contributed by atoms with van der Waals surface area (Å²) >= 11 is 0. The van der Waals surface area contributed by atoms with Gasteiger partial charge in [0.2, 0.25) is 9.84 Å². The average molecular weight is 319 g/mol. The Balaban J connectivity index is 2.73. The van der Waals surface area contributed by atoms with Gasteiger partial charge in [-0.2, -0.15) is 0 Å². The molecule has 0 fully saturated rings. The molecule has 1 aromatic rings. The van der Waals surface area contributed by atoms with Crippen molar-refractivity contribution in [3.63, 3.8) is 0 Å². The highest BCUT2D eigenvalue weighted by Gasteiger charge is 2.19. The fourth-order valence-electron chi connectivity index (χ4n) is 1.72. The lowest BCUT2D eigenvalue weighted by Crippen LogP contribution is -2.16. The minimum Gasteiger partial charge on any atom is -0.218 e. The lowest BCUT2D eigenvalue weighted by atomic mass is 10.2. The van der Waals surface area contributed by atoms with Crippen molar-refractivity contribution in [2.75, 3.05) is 0 Å². The van der Waals surface area contributed by atoms with Crippen LogP contribution in [0.3, 0.4) is 0 Å². The van der Waals surface area contributed by atoms with Gasteiger partial charge in [0.1, 0.15) is 8.07 Å². The molecule has 0 N–H and O–H groups in total. The molecule has 112 valence electrons. The highest BCUT2D eigenvalue weighted by atomic mass is 32.2. The molecule has 0 aliphatic carbocycles. The van der Waals surface area contributed by atoms with E-state index < -0.39 is 17.9 Å². The molecule has 0 heterocycles. The van der Waals surface area contributed by atoms with E-state index in [1.165, 1.54) is 0 Å². The molecule has 0 atom stereocenters. The van der Waals surface area contributed by atoms with Crippen LogP contribution < -0.4 is 0 Å². The van der Waals surface area contributed by atoms with E-state index in [-0.39, 0.29) is 4.91 Å². The van der Waals surface area contributed by atoms with E-state index >= 15 is 0 Å². The van der Waals surface area contributed by atoms with Gasteiger partial charge in [-0.25, -0.2) is 8.42 Å². The van der Waals surface area contributed by atoms with Crippen molar-refractivity contribution in [3.05, 3.63) is 47.5 Å². The van der Waals surface area contributed by atoms with Crippen LogP contribution in [0.5, 0.6) is 0 Å². The number of sulfone groups is 1. The smallest absolute Gasteiger partial charge is 0.209 e. The minimum atomic E-state index is -3.46. The highest BCUT2D eigenvalue weighted by Crippen LogP contribution is 2.22. The molecule has 0 aliphatic heterocycles. The molecule has 2 nitrogen and oxygen atoms in total. The van der Waals surface area contributed by atoms with Gasteiger partial charge in [-0.05, 0) is 25.0 Å². The number of hydrogen-bond donors (Lipinski definition) is 0. The lowest BCUT2D eigenvalue weighted by Gasteiger charge is -2.06. The standard InChI is InChI=1S/C17H22O2SSi/c1-5-16(12-10-7-11-15-21(2,3)4)20(18,19)17-13-8-6-9-14-17/h6,8-9,13-14H,1,7,10,12H2,2-4H3. The molecular weight excluding hydrogens is 296 g/mol. The maximum absolute atomic E-state index is 12.4. The Hall–Kier alpha value is -1.53. The van der Waals surface area contributed by atoms with E-state index in [4.69, 9.17) is 0 Å². The van der Waals surface area contributed by atoms with Gasteiger partial charge in [0.15, 0.2) is 0 Å². The third-order valence-corrected chi connectivity index (χ3v) is 5.56. The quantitative estimate of drug-likeness (QED) is 0.353. The fraction of sp³-hybridized carbons (Fsp3) is 0.353. The summed E-state index contributed by atoms with van der Waals surface area (Å²) in [5, 5.41) is 0. The SMILES string of the molecule is C=C=C(CCCC#C[Si](C)(C)C)S(=O)(=O)c1ccccc1. The second kappa shape index (κ2) is 7.47. The molecule has 0 saturated carbocycles. The lowest BCUT2D eigenvalue weighted by molar-refractivity contribution is 0.599. The van der Waals surface area contributed by atoms with Gasteiger partial charge in [-0.15, -0.1) is 17.2 Å². The first kappa shape index (κ1) is 17.5. The number of benzene rings is 1. The Labute approximate surface area is 129 Å². The molecule has 0 amide bonds. The Kier molecular flexibility index (Phi) is 6.23. The fourth-order valence-corrected chi connectivity index (χ4v) is 3.78. The molecule has 0 bridgehead atoms. The zero-order valence-corrected chi connectivity index (χ0v) is 14.8. The third kappa shape index (κ3) is 5.77. The van der Waals surface area contributed by atoms with Crippen LogP contribution in [0.15, 0.2) is 52.4 Å². The monoisotopic (exact) mass is 318 g/mol. The van der Waals surface area contributed by atoms with Crippen LogP contribution in [-0.4, -0.2) is 16.5 Å². The molecule has 0 aromatic heterocycles. The summed E-state index contributed by atoms with van der Waals surface area (Å²) in [7, 11) is -4.81. The number of allylic oxidation sites excluding steroid dienone is 1. The summed E-state index contributed by atoms with van der Waals surface area (Å²) in [4.78, 5) is 0.549. The predicted octanol–water partition coefficient (Wildman–Crippen LogP) is 4.18. The minimum absolute atomic E-state index is 0.253. The van der Waals surface area contributed by atoms with E-state index in [0.717, 1.165) is 0 Å². The zero-order chi connectivity index (χ0) is 15.9.